The summed E-state index contributed by atoms with van der Waals surface area (Å²) in [7, 11) is 0. The molecule has 3 aromatic rings. The Labute approximate surface area is 170 Å². The normalized spacial score (nSPS) is 19.0. The number of carbonyl (C=O) groups excluding carboxylic acids is 1. The van der Waals surface area contributed by atoms with Gasteiger partial charge in [0, 0.05) is 42.3 Å². The van der Waals surface area contributed by atoms with Crippen molar-refractivity contribution in [3.8, 4) is 11.1 Å². The number of nitrogens with one attached hydrogen (secondary N) is 1. The molecule has 2 aliphatic rings. The van der Waals surface area contributed by atoms with E-state index in [1.54, 1.807) is 0 Å². The van der Waals surface area contributed by atoms with Gasteiger partial charge in [-0.3, -0.25) is 4.79 Å². The number of nitrogens with zero attached hydrogens (tertiary/aromatic N) is 3. The summed E-state index contributed by atoms with van der Waals surface area (Å²) in [4.78, 5) is 23.9. The molecule has 2 fully saturated rings. The van der Waals surface area contributed by atoms with Crippen LogP contribution in [0.15, 0.2) is 42.6 Å². The van der Waals surface area contributed by atoms with Gasteiger partial charge in [0.05, 0.1) is 5.52 Å². The minimum atomic E-state index is 0.00587. The number of aryl methyl sites for hydroxylation is 1. The highest BCUT2D eigenvalue weighted by Gasteiger charge is 2.24. The van der Waals surface area contributed by atoms with Gasteiger partial charge in [0.15, 0.2) is 0 Å². The second-order valence-electron chi connectivity index (χ2n) is 8.22. The molecule has 2 heterocycles. The first kappa shape index (κ1) is 18.1. The fourth-order valence-corrected chi connectivity index (χ4v) is 3.88. The van der Waals surface area contributed by atoms with E-state index in [0.29, 0.717) is 11.6 Å². The van der Waals surface area contributed by atoms with E-state index < -0.39 is 0 Å². The third-order valence-corrected chi connectivity index (χ3v) is 5.80. The molecule has 1 aliphatic heterocycles. The Balaban J connectivity index is 1.46. The quantitative estimate of drug-likeness (QED) is 0.719. The standard InChI is InChI=1S/C23H25N5O/c1-14-2-3-16(22(29)26-19-5-6-19)11-20(14)15-4-7-21-17(10-15)12-25-23(27-21)28-9-8-18(24)13-28/h2-4,7,10-12,18-19H,5-6,8-9,13,24H2,1H3,(H,26,29)/t18-/m1/s1. The Bertz CT molecular complexity index is 1090. The second kappa shape index (κ2) is 7.12. The van der Waals surface area contributed by atoms with Crippen molar-refractivity contribution in [1.29, 1.82) is 0 Å². The Morgan fingerprint density at radius 1 is 1.17 bits per heavy atom. The molecule has 29 heavy (non-hydrogen) atoms. The maximum absolute atomic E-state index is 12.4. The highest BCUT2D eigenvalue weighted by atomic mass is 16.1. The number of fused-ring (bicyclic) bond motifs is 1. The Morgan fingerprint density at radius 3 is 2.79 bits per heavy atom. The predicted octanol–water partition coefficient (Wildman–Crippen LogP) is 3.03. The molecule has 6 nitrogen and oxygen atoms in total. The molecule has 1 amide bonds. The van der Waals surface area contributed by atoms with Crippen LogP contribution in [0.1, 0.15) is 35.2 Å². The van der Waals surface area contributed by atoms with Crippen LogP contribution in [0.2, 0.25) is 0 Å². The van der Waals surface area contributed by atoms with Gasteiger partial charge in [-0.1, -0.05) is 12.1 Å². The minimum Gasteiger partial charge on any atom is -0.349 e. The van der Waals surface area contributed by atoms with E-state index in [4.69, 9.17) is 10.7 Å². The summed E-state index contributed by atoms with van der Waals surface area (Å²) in [5.74, 6) is 0.750. The van der Waals surface area contributed by atoms with Crippen molar-refractivity contribution in [1.82, 2.24) is 15.3 Å². The number of amides is 1. The number of aromatic nitrogens is 2. The number of anilines is 1. The van der Waals surface area contributed by atoms with E-state index in [1.807, 2.05) is 30.5 Å². The van der Waals surface area contributed by atoms with Crippen LogP contribution < -0.4 is 16.0 Å². The highest BCUT2D eigenvalue weighted by molar-refractivity contribution is 5.96. The fraction of sp³-hybridized carbons (Fsp3) is 0.348. The van der Waals surface area contributed by atoms with Crippen LogP contribution in [0, 0.1) is 6.92 Å². The Morgan fingerprint density at radius 2 is 2.03 bits per heavy atom. The number of rotatable bonds is 4. The third kappa shape index (κ3) is 3.68. The third-order valence-electron chi connectivity index (χ3n) is 5.80. The van der Waals surface area contributed by atoms with E-state index in [1.165, 1.54) is 0 Å². The number of benzene rings is 2. The van der Waals surface area contributed by atoms with E-state index in [9.17, 15) is 4.79 Å². The molecule has 0 spiro atoms. The average molecular weight is 387 g/mol. The SMILES string of the molecule is Cc1ccc(C(=O)NC2CC2)cc1-c1ccc2nc(N3CC[C@@H](N)C3)ncc2c1. The largest absolute Gasteiger partial charge is 0.349 e. The summed E-state index contributed by atoms with van der Waals surface area (Å²) in [6, 6.07) is 12.6. The van der Waals surface area contributed by atoms with Gasteiger partial charge in [0.25, 0.3) is 5.91 Å². The van der Waals surface area contributed by atoms with Crippen molar-refractivity contribution in [3.05, 3.63) is 53.7 Å². The molecule has 5 rings (SSSR count). The molecule has 148 valence electrons. The summed E-state index contributed by atoms with van der Waals surface area (Å²) in [5, 5.41) is 4.05. The molecule has 1 aliphatic carbocycles. The van der Waals surface area contributed by atoms with E-state index >= 15 is 0 Å². The molecule has 1 atom stereocenters. The van der Waals surface area contributed by atoms with Crippen LogP contribution in [0.25, 0.3) is 22.0 Å². The van der Waals surface area contributed by atoms with Crippen molar-refractivity contribution in [2.75, 3.05) is 18.0 Å². The number of hydrogen-bond acceptors (Lipinski definition) is 5. The zero-order chi connectivity index (χ0) is 20.0. The average Bonchev–Trinajstić information content (AvgIpc) is 3.44. The van der Waals surface area contributed by atoms with Crippen LogP contribution in [-0.4, -0.2) is 41.0 Å². The van der Waals surface area contributed by atoms with Gasteiger partial charge in [-0.15, -0.1) is 0 Å². The molecule has 0 bridgehead atoms. The van der Waals surface area contributed by atoms with Crippen molar-refractivity contribution in [2.45, 2.75) is 38.3 Å². The van der Waals surface area contributed by atoms with Crippen molar-refractivity contribution in [3.63, 3.8) is 0 Å². The molecule has 6 heteroatoms. The lowest BCUT2D eigenvalue weighted by molar-refractivity contribution is 0.0951. The van der Waals surface area contributed by atoms with E-state index in [0.717, 1.165) is 65.9 Å². The molecular weight excluding hydrogens is 362 g/mol. The fourth-order valence-electron chi connectivity index (χ4n) is 3.88. The maximum Gasteiger partial charge on any atom is 0.251 e. The van der Waals surface area contributed by atoms with Gasteiger partial charge in [-0.25, -0.2) is 9.97 Å². The molecule has 1 saturated heterocycles. The molecule has 2 aromatic carbocycles. The van der Waals surface area contributed by atoms with Crippen LogP contribution in [0.4, 0.5) is 5.95 Å². The molecule has 0 unspecified atom stereocenters. The molecule has 1 aromatic heterocycles. The lowest BCUT2D eigenvalue weighted by atomic mass is 9.97. The number of hydrogen-bond donors (Lipinski definition) is 2. The topological polar surface area (TPSA) is 84.1 Å². The number of carbonyl (C=O) groups is 1. The van der Waals surface area contributed by atoms with Gasteiger partial charge in [0.2, 0.25) is 5.95 Å². The van der Waals surface area contributed by atoms with E-state index in [2.05, 4.69) is 34.3 Å². The molecule has 3 N–H and O–H groups in total. The lowest BCUT2D eigenvalue weighted by Gasteiger charge is -2.16. The maximum atomic E-state index is 12.4. The van der Waals surface area contributed by atoms with E-state index in [-0.39, 0.29) is 11.9 Å². The molecule has 0 radical (unpaired) electrons. The summed E-state index contributed by atoms with van der Waals surface area (Å²) >= 11 is 0. The molecule has 1 saturated carbocycles. The van der Waals surface area contributed by atoms with Crippen molar-refractivity contribution >= 4 is 22.8 Å². The summed E-state index contributed by atoms with van der Waals surface area (Å²) in [6.07, 6.45) is 5.02. The van der Waals surface area contributed by atoms with Crippen molar-refractivity contribution < 1.29 is 4.79 Å². The zero-order valence-corrected chi connectivity index (χ0v) is 16.6. The lowest BCUT2D eigenvalue weighted by Crippen LogP contribution is -2.27. The summed E-state index contributed by atoms with van der Waals surface area (Å²) in [6.45, 7) is 3.77. The van der Waals surface area contributed by atoms with Gasteiger partial charge in [-0.2, -0.15) is 0 Å². The smallest absolute Gasteiger partial charge is 0.251 e. The van der Waals surface area contributed by atoms with Gasteiger partial charge in [0.1, 0.15) is 0 Å². The first-order valence-corrected chi connectivity index (χ1v) is 10.3. The van der Waals surface area contributed by atoms with Crippen LogP contribution in [-0.2, 0) is 0 Å². The van der Waals surface area contributed by atoms with Gasteiger partial charge >= 0.3 is 0 Å². The van der Waals surface area contributed by atoms with Crippen LogP contribution in [0.5, 0.6) is 0 Å². The van der Waals surface area contributed by atoms with Gasteiger partial charge in [-0.05, 0) is 67.1 Å². The Hall–Kier alpha value is -2.99. The van der Waals surface area contributed by atoms with Crippen molar-refractivity contribution in [2.24, 2.45) is 5.73 Å². The van der Waals surface area contributed by atoms with Crippen LogP contribution in [0.3, 0.4) is 0 Å². The van der Waals surface area contributed by atoms with Crippen LogP contribution >= 0.6 is 0 Å². The van der Waals surface area contributed by atoms with Gasteiger partial charge < -0.3 is 16.0 Å². The number of nitrogens with two attached hydrogens (primary N) is 1. The Kier molecular flexibility index (Phi) is 4.43. The molecular formula is C23H25N5O. The summed E-state index contributed by atoms with van der Waals surface area (Å²) < 4.78 is 0. The highest BCUT2D eigenvalue weighted by Crippen LogP contribution is 2.29. The first-order chi connectivity index (χ1) is 14.1. The first-order valence-electron chi connectivity index (χ1n) is 10.3. The monoisotopic (exact) mass is 387 g/mol. The predicted molar refractivity (Wildman–Crippen MR) is 115 cm³/mol. The zero-order valence-electron chi connectivity index (χ0n) is 16.6. The second-order valence-corrected chi connectivity index (χ2v) is 8.22. The minimum absolute atomic E-state index is 0.00587. The summed E-state index contributed by atoms with van der Waals surface area (Å²) in [5.41, 5.74) is 10.9.